The van der Waals surface area contributed by atoms with E-state index in [1.807, 2.05) is 5.31 Å². The molecular formula is C29H49GeN3P. The van der Waals surface area contributed by atoms with Crippen molar-refractivity contribution in [3.63, 3.8) is 0 Å². The number of benzene rings is 1. The Balaban J connectivity index is 1.92. The molecular weight excluding hydrogens is 494 g/mol. The van der Waals surface area contributed by atoms with Gasteiger partial charge in [-0.05, 0) is 0 Å². The molecule has 1 aromatic carbocycles. The van der Waals surface area contributed by atoms with Crippen molar-refractivity contribution in [2.45, 2.75) is 111 Å². The van der Waals surface area contributed by atoms with E-state index in [-0.39, 0.29) is 11.1 Å². The molecule has 2 aliphatic carbocycles. The monoisotopic (exact) mass is 544 g/mol. The number of allylic oxidation sites excluding steroid dienone is 2. The van der Waals surface area contributed by atoms with E-state index in [4.69, 9.17) is 0 Å². The Kier molecular flexibility index (Phi) is 7.47. The fourth-order valence-electron chi connectivity index (χ4n) is 6.47. The predicted octanol–water partition coefficient (Wildman–Crippen LogP) is 7.46. The van der Waals surface area contributed by atoms with E-state index in [1.54, 1.807) is 11.4 Å². The minimum absolute atomic E-state index is 0.194. The Morgan fingerprint density at radius 3 is 1.76 bits per heavy atom. The molecule has 2 fully saturated rings. The number of para-hydroxylation sites is 1. The van der Waals surface area contributed by atoms with Crippen LogP contribution in [0.25, 0.3) is 0 Å². The third kappa shape index (κ3) is 4.69. The van der Waals surface area contributed by atoms with Crippen LogP contribution >= 0.6 is 8.22 Å². The number of hydrogen-bond donors (Lipinski definition) is 0. The number of fused-ring (bicyclic) bond motifs is 2. The second-order valence-corrected chi connectivity index (χ2v) is 16.7. The molecule has 0 N–H and O–H groups in total. The van der Waals surface area contributed by atoms with Crippen LogP contribution in [0, 0.1) is 11.8 Å². The summed E-state index contributed by atoms with van der Waals surface area (Å²) in [5.41, 5.74) is 6.74. The molecule has 1 saturated carbocycles. The van der Waals surface area contributed by atoms with Crippen molar-refractivity contribution in [3.8, 4) is 0 Å². The van der Waals surface area contributed by atoms with E-state index in [1.165, 1.54) is 60.2 Å². The van der Waals surface area contributed by atoms with Gasteiger partial charge in [-0.1, -0.05) is 0 Å². The van der Waals surface area contributed by atoms with Crippen LogP contribution in [0.1, 0.15) is 111 Å². The third-order valence-corrected chi connectivity index (χ3v) is 13.0. The summed E-state index contributed by atoms with van der Waals surface area (Å²) in [5, 5.41) is 1.84. The molecule has 2 unspecified atom stereocenters. The normalized spacial score (nSPS) is 25.0. The number of rotatable bonds is 5. The molecule has 189 valence electrons. The number of anilines is 1. The van der Waals surface area contributed by atoms with Crippen LogP contribution in [0.4, 0.5) is 5.69 Å². The Bertz CT molecular complexity index is 891. The van der Waals surface area contributed by atoms with Crippen LogP contribution in [0.2, 0.25) is 0 Å². The summed E-state index contributed by atoms with van der Waals surface area (Å²) < 4.78 is 8.58. The maximum absolute atomic E-state index is 2.88. The van der Waals surface area contributed by atoms with E-state index >= 15 is 0 Å². The molecule has 2 bridgehead atoms. The van der Waals surface area contributed by atoms with Crippen LogP contribution in [0.5, 0.6) is 0 Å². The van der Waals surface area contributed by atoms with E-state index in [0.29, 0.717) is 11.8 Å². The maximum atomic E-state index is 2.88. The van der Waals surface area contributed by atoms with Gasteiger partial charge < -0.3 is 0 Å². The standard InChI is InChI=1S/C29H49GeN3P/c1-19(2)23-12-11-13-24(20(3)4)26(23)33(30)25-21-14-15-22(18-21)27(25)34-31(28(5,6)7)16-17-32(34)29(8,9)10/h11-13,19-22H,14-18,30H2,1-10H3. The Morgan fingerprint density at radius 2 is 1.32 bits per heavy atom. The molecule has 0 aromatic heterocycles. The van der Waals surface area contributed by atoms with E-state index < -0.39 is 8.22 Å². The second kappa shape index (κ2) is 9.51. The molecule has 0 spiro atoms. The van der Waals surface area contributed by atoms with Crippen molar-refractivity contribution in [1.29, 1.82) is 0 Å². The van der Waals surface area contributed by atoms with Crippen molar-refractivity contribution in [3.05, 3.63) is 40.3 Å². The molecule has 1 heterocycles. The first-order valence-corrected chi connectivity index (χ1v) is 16.1. The summed E-state index contributed by atoms with van der Waals surface area (Å²) in [6.45, 7) is 26.5. The molecule has 3 nitrogen and oxygen atoms in total. The van der Waals surface area contributed by atoms with Gasteiger partial charge in [0, 0.05) is 0 Å². The second-order valence-electron chi connectivity index (χ2n) is 13.4. The Labute approximate surface area is 220 Å². The average Bonchev–Trinajstić information content (AvgIpc) is 3.45. The summed E-state index contributed by atoms with van der Waals surface area (Å²) in [4.78, 5) is 0. The van der Waals surface area contributed by atoms with E-state index in [2.05, 4.69) is 101 Å². The summed E-state index contributed by atoms with van der Waals surface area (Å²) in [7, 11) is -0.451. The van der Waals surface area contributed by atoms with Crippen molar-refractivity contribution >= 4 is 30.6 Å². The Hall–Kier alpha value is -0.347. The zero-order valence-electron chi connectivity index (χ0n) is 23.6. The van der Waals surface area contributed by atoms with Crippen LogP contribution in [-0.4, -0.2) is 50.2 Å². The van der Waals surface area contributed by atoms with Crippen LogP contribution < -0.4 is 3.86 Å². The summed E-state index contributed by atoms with van der Waals surface area (Å²) >= 11 is 1.18. The third-order valence-electron chi connectivity index (χ3n) is 8.12. The van der Waals surface area contributed by atoms with Gasteiger partial charge in [0.05, 0.1) is 0 Å². The van der Waals surface area contributed by atoms with Crippen molar-refractivity contribution < 1.29 is 0 Å². The molecule has 0 amide bonds. The van der Waals surface area contributed by atoms with Crippen LogP contribution in [-0.2, 0) is 0 Å². The molecule has 34 heavy (non-hydrogen) atoms. The summed E-state index contributed by atoms with van der Waals surface area (Å²) in [6, 6.07) is 7.08. The minimum atomic E-state index is -0.451. The molecule has 1 aliphatic heterocycles. The molecule has 2 atom stereocenters. The fourth-order valence-corrected chi connectivity index (χ4v) is 12.0. The zero-order valence-corrected chi connectivity index (χ0v) is 27.4. The number of hydrogen-bond acceptors (Lipinski definition) is 3. The first kappa shape index (κ1) is 26.7. The molecule has 1 radical (unpaired) electrons. The topological polar surface area (TPSA) is 9.72 Å². The van der Waals surface area contributed by atoms with Crippen molar-refractivity contribution in [1.82, 2.24) is 9.34 Å². The first-order valence-electron chi connectivity index (χ1n) is 13.6. The van der Waals surface area contributed by atoms with Gasteiger partial charge in [0.15, 0.2) is 0 Å². The van der Waals surface area contributed by atoms with Crippen LogP contribution in [0.3, 0.4) is 0 Å². The predicted molar refractivity (Wildman–Crippen MR) is 153 cm³/mol. The van der Waals surface area contributed by atoms with Crippen molar-refractivity contribution in [2.24, 2.45) is 11.8 Å². The molecule has 1 saturated heterocycles. The van der Waals surface area contributed by atoms with Gasteiger partial charge in [0.1, 0.15) is 0 Å². The van der Waals surface area contributed by atoms with E-state index in [0.717, 1.165) is 11.8 Å². The van der Waals surface area contributed by atoms with Gasteiger partial charge in [-0.2, -0.15) is 0 Å². The first-order chi connectivity index (χ1) is 15.7. The summed E-state index contributed by atoms with van der Waals surface area (Å²) in [5.74, 6) is 2.61. The van der Waals surface area contributed by atoms with Gasteiger partial charge in [0.2, 0.25) is 0 Å². The van der Waals surface area contributed by atoms with E-state index in [9.17, 15) is 0 Å². The molecule has 1 aromatic rings. The SMILES string of the molecule is CC(C)c1cccc(C(C)C)c1[N]([GeH2])C1=C(P2N(C(C)(C)C)CCN2C(C)(C)C)C2CCC1C2. The molecule has 5 heteroatoms. The fraction of sp³-hybridized carbons (Fsp3) is 0.724. The van der Waals surface area contributed by atoms with Gasteiger partial charge in [-0.15, -0.1) is 0 Å². The molecule has 3 aliphatic rings. The van der Waals surface area contributed by atoms with Crippen molar-refractivity contribution in [2.75, 3.05) is 16.9 Å². The van der Waals surface area contributed by atoms with Gasteiger partial charge in [-0.25, -0.2) is 0 Å². The average molecular weight is 543 g/mol. The molecule has 4 rings (SSSR count). The van der Waals surface area contributed by atoms with Gasteiger partial charge in [0.25, 0.3) is 0 Å². The zero-order chi connectivity index (χ0) is 25.2. The summed E-state index contributed by atoms with van der Waals surface area (Å²) in [6.07, 6.45) is 4.17. The van der Waals surface area contributed by atoms with Gasteiger partial charge >= 0.3 is 221 Å². The van der Waals surface area contributed by atoms with Gasteiger partial charge in [-0.3, -0.25) is 0 Å². The quantitative estimate of drug-likeness (QED) is 0.282. The number of nitrogens with zero attached hydrogens (tertiary/aromatic N) is 3. The van der Waals surface area contributed by atoms with Crippen LogP contribution in [0.15, 0.2) is 29.2 Å². The Morgan fingerprint density at radius 1 is 0.853 bits per heavy atom.